The third-order valence-electron chi connectivity index (χ3n) is 4.74. The number of rotatable bonds is 6. The number of ether oxygens (including phenoxy) is 1. The summed E-state index contributed by atoms with van der Waals surface area (Å²) in [4.78, 5) is 0. The van der Waals surface area contributed by atoms with Crippen LogP contribution in [-0.2, 0) is 13.0 Å². The van der Waals surface area contributed by atoms with Crippen molar-refractivity contribution in [3.63, 3.8) is 0 Å². The number of thiophene rings is 1. The minimum absolute atomic E-state index is 0.778. The number of fused-ring (bicyclic) bond motifs is 2. The van der Waals surface area contributed by atoms with Crippen LogP contribution in [-0.4, -0.2) is 11.2 Å². The van der Waals surface area contributed by atoms with Crippen molar-refractivity contribution in [2.45, 2.75) is 33.2 Å². The van der Waals surface area contributed by atoms with Gasteiger partial charge in [-0.05, 0) is 53.4 Å². The summed E-state index contributed by atoms with van der Waals surface area (Å²) in [7, 11) is 0. The van der Waals surface area contributed by atoms with Crippen molar-refractivity contribution in [2.75, 3.05) is 6.61 Å². The molecule has 2 heterocycles. The molecule has 0 spiro atoms. The Kier molecular flexibility index (Phi) is 4.50. The van der Waals surface area contributed by atoms with Crippen molar-refractivity contribution in [1.29, 1.82) is 0 Å². The average molecular weight is 349 g/mol. The van der Waals surface area contributed by atoms with E-state index >= 15 is 0 Å². The van der Waals surface area contributed by atoms with Gasteiger partial charge in [0.15, 0.2) is 0 Å². The van der Waals surface area contributed by atoms with Gasteiger partial charge in [-0.3, -0.25) is 0 Å². The van der Waals surface area contributed by atoms with Crippen molar-refractivity contribution in [1.82, 2.24) is 4.57 Å². The molecule has 0 saturated heterocycles. The van der Waals surface area contributed by atoms with Gasteiger partial charge in [0, 0.05) is 33.9 Å². The molecule has 128 valence electrons. The largest absolute Gasteiger partial charge is 0.493 e. The van der Waals surface area contributed by atoms with E-state index in [1.807, 2.05) is 11.3 Å². The van der Waals surface area contributed by atoms with Crippen LogP contribution in [0.25, 0.3) is 21.0 Å². The predicted octanol–water partition coefficient (Wildman–Crippen LogP) is 6.26. The van der Waals surface area contributed by atoms with E-state index in [-0.39, 0.29) is 0 Å². The number of hydrogen-bond donors (Lipinski definition) is 0. The molecule has 4 aromatic rings. The molecule has 0 aliphatic heterocycles. The smallest absolute Gasteiger partial charge is 0.123 e. The molecule has 0 aliphatic rings. The van der Waals surface area contributed by atoms with E-state index in [4.69, 9.17) is 4.74 Å². The maximum Gasteiger partial charge on any atom is 0.123 e. The van der Waals surface area contributed by atoms with Gasteiger partial charge < -0.3 is 9.30 Å². The molecule has 0 fully saturated rings. The number of hydrogen-bond acceptors (Lipinski definition) is 2. The maximum absolute atomic E-state index is 5.95. The van der Waals surface area contributed by atoms with Crippen LogP contribution >= 0.6 is 11.3 Å². The van der Waals surface area contributed by atoms with E-state index in [1.165, 1.54) is 32.1 Å². The van der Waals surface area contributed by atoms with Crippen LogP contribution in [0.15, 0.2) is 54.0 Å². The van der Waals surface area contributed by atoms with Gasteiger partial charge in [0.2, 0.25) is 0 Å². The Morgan fingerprint density at radius 3 is 2.72 bits per heavy atom. The molecule has 0 saturated carbocycles. The zero-order valence-corrected chi connectivity index (χ0v) is 15.6. The minimum Gasteiger partial charge on any atom is -0.493 e. The summed E-state index contributed by atoms with van der Waals surface area (Å²) in [6.07, 6.45) is 4.23. The first-order valence-electron chi connectivity index (χ1n) is 9.00. The third-order valence-corrected chi connectivity index (χ3v) is 5.75. The van der Waals surface area contributed by atoms with Crippen LogP contribution in [0.4, 0.5) is 0 Å². The van der Waals surface area contributed by atoms with Crippen LogP contribution in [0, 0.1) is 0 Å². The van der Waals surface area contributed by atoms with E-state index in [9.17, 15) is 0 Å². The Bertz CT molecular complexity index is 1010. The standard InChI is InChI=1S/C22H23NOS/c1-3-13-24-21-10-9-20-19(17(21)4-2)11-12-23(20)14-16-15-25-22-8-6-5-7-18(16)22/h5-12,15H,3-4,13-14H2,1-2H3. The Morgan fingerprint density at radius 1 is 1.00 bits per heavy atom. The van der Waals surface area contributed by atoms with Crippen LogP contribution in [0.1, 0.15) is 31.4 Å². The third kappa shape index (κ3) is 2.93. The molecule has 0 radical (unpaired) electrons. The molecule has 3 heteroatoms. The highest BCUT2D eigenvalue weighted by molar-refractivity contribution is 7.17. The van der Waals surface area contributed by atoms with Crippen LogP contribution in [0.5, 0.6) is 5.75 Å². The molecule has 2 nitrogen and oxygen atoms in total. The fraction of sp³-hybridized carbons (Fsp3) is 0.273. The second-order valence-corrected chi connectivity index (χ2v) is 7.29. The summed E-state index contributed by atoms with van der Waals surface area (Å²) >= 11 is 1.83. The monoisotopic (exact) mass is 349 g/mol. The van der Waals surface area contributed by atoms with E-state index in [1.54, 1.807) is 0 Å². The van der Waals surface area contributed by atoms with Crippen LogP contribution in [0.2, 0.25) is 0 Å². The highest BCUT2D eigenvalue weighted by Gasteiger charge is 2.12. The van der Waals surface area contributed by atoms with E-state index in [0.717, 1.165) is 31.7 Å². The molecular formula is C22H23NOS. The maximum atomic E-state index is 5.95. The lowest BCUT2D eigenvalue weighted by atomic mass is 10.1. The lowest BCUT2D eigenvalue weighted by Crippen LogP contribution is -2.00. The van der Waals surface area contributed by atoms with Crippen molar-refractivity contribution in [3.05, 3.63) is 65.2 Å². The van der Waals surface area contributed by atoms with E-state index in [0.29, 0.717) is 0 Å². The number of benzene rings is 2. The SMILES string of the molecule is CCCOc1ccc2c(ccn2Cc2csc3ccccc23)c1CC. The first kappa shape index (κ1) is 16.2. The fourth-order valence-electron chi connectivity index (χ4n) is 3.50. The molecular weight excluding hydrogens is 326 g/mol. The summed E-state index contributed by atoms with van der Waals surface area (Å²) in [5.41, 5.74) is 4.00. The highest BCUT2D eigenvalue weighted by Crippen LogP contribution is 2.32. The van der Waals surface area contributed by atoms with Gasteiger partial charge in [0.1, 0.15) is 5.75 Å². The number of aromatic nitrogens is 1. The fourth-order valence-corrected chi connectivity index (χ4v) is 4.46. The quantitative estimate of drug-likeness (QED) is 0.401. The Balaban J connectivity index is 1.73. The summed E-state index contributed by atoms with van der Waals surface area (Å²) in [6, 6.07) is 15.2. The molecule has 0 bridgehead atoms. The highest BCUT2D eigenvalue weighted by atomic mass is 32.1. The molecule has 4 rings (SSSR count). The Morgan fingerprint density at radius 2 is 1.88 bits per heavy atom. The van der Waals surface area contributed by atoms with Gasteiger partial charge in [-0.2, -0.15) is 0 Å². The van der Waals surface area contributed by atoms with Gasteiger partial charge in [-0.25, -0.2) is 0 Å². The van der Waals surface area contributed by atoms with E-state index < -0.39 is 0 Å². The van der Waals surface area contributed by atoms with Gasteiger partial charge in [0.05, 0.1) is 6.61 Å². The molecule has 2 aromatic heterocycles. The van der Waals surface area contributed by atoms with E-state index in [2.05, 4.69) is 72.5 Å². The van der Waals surface area contributed by atoms with Crippen LogP contribution in [0.3, 0.4) is 0 Å². The van der Waals surface area contributed by atoms with Gasteiger partial charge in [-0.1, -0.05) is 32.0 Å². The molecule has 0 N–H and O–H groups in total. The van der Waals surface area contributed by atoms with Gasteiger partial charge in [0.25, 0.3) is 0 Å². The van der Waals surface area contributed by atoms with Crippen molar-refractivity contribution in [2.24, 2.45) is 0 Å². The first-order valence-corrected chi connectivity index (χ1v) is 9.88. The second-order valence-electron chi connectivity index (χ2n) is 6.38. The average Bonchev–Trinajstić information content (AvgIpc) is 3.24. The first-order chi connectivity index (χ1) is 12.3. The summed E-state index contributed by atoms with van der Waals surface area (Å²) in [5.74, 6) is 1.04. The van der Waals surface area contributed by atoms with Gasteiger partial charge in [-0.15, -0.1) is 11.3 Å². The normalized spacial score (nSPS) is 11.4. The number of nitrogens with zero attached hydrogens (tertiary/aromatic N) is 1. The topological polar surface area (TPSA) is 14.2 Å². The molecule has 25 heavy (non-hydrogen) atoms. The second kappa shape index (κ2) is 6.93. The lowest BCUT2D eigenvalue weighted by molar-refractivity contribution is 0.315. The molecule has 0 amide bonds. The Labute approximate surface area is 152 Å². The van der Waals surface area contributed by atoms with Crippen molar-refractivity contribution in [3.8, 4) is 5.75 Å². The minimum atomic E-state index is 0.778. The summed E-state index contributed by atoms with van der Waals surface area (Å²) in [5, 5.41) is 4.97. The van der Waals surface area contributed by atoms with Gasteiger partial charge >= 0.3 is 0 Å². The summed E-state index contributed by atoms with van der Waals surface area (Å²) in [6.45, 7) is 6.04. The van der Waals surface area contributed by atoms with Crippen LogP contribution < -0.4 is 4.74 Å². The van der Waals surface area contributed by atoms with Crippen molar-refractivity contribution >= 4 is 32.3 Å². The molecule has 0 aliphatic carbocycles. The zero-order chi connectivity index (χ0) is 17.2. The molecule has 2 aromatic carbocycles. The summed E-state index contributed by atoms with van der Waals surface area (Å²) < 4.78 is 9.66. The predicted molar refractivity (Wildman–Crippen MR) is 108 cm³/mol. The molecule has 0 atom stereocenters. The Hall–Kier alpha value is -2.26. The number of aryl methyl sites for hydroxylation is 1. The molecule has 0 unspecified atom stereocenters. The van der Waals surface area contributed by atoms with Crippen molar-refractivity contribution < 1.29 is 4.74 Å². The lowest BCUT2D eigenvalue weighted by Gasteiger charge is -2.12. The zero-order valence-electron chi connectivity index (χ0n) is 14.8.